The predicted molar refractivity (Wildman–Crippen MR) is 198 cm³/mol. The molecule has 0 unspecified atom stereocenters. The summed E-state index contributed by atoms with van der Waals surface area (Å²) in [5, 5.41) is 17.9. The summed E-state index contributed by atoms with van der Waals surface area (Å²) in [5.74, 6) is 2.41. The molecule has 2 aliphatic heterocycles. The molecule has 0 spiro atoms. The first-order valence-corrected chi connectivity index (χ1v) is 19.0. The average molecular weight is 710 g/mol. The van der Waals surface area contributed by atoms with Crippen molar-refractivity contribution >= 4 is 23.4 Å². The summed E-state index contributed by atoms with van der Waals surface area (Å²) < 4.78 is 25.0. The van der Waals surface area contributed by atoms with Gasteiger partial charge in [0.15, 0.2) is 5.65 Å². The standard InChI is InChI=1S/C38H59N7O6/c1-5-30-28-41-45-33(25-34(42-36(30)45)44-17-7-6-11-31(44)16-20-46)39-26-29-12-13-35(40-27-29)50-24-10-22-48-21-8-9-23-49-32-14-18-43(19-15-32)37(47)51-38(2,3)4/h12-13,25,27-28,31-32,39,46H,5-11,14-24,26H2,1-4H3/t31-/m0/s1. The van der Waals surface area contributed by atoms with Crippen LogP contribution in [0.1, 0.15) is 96.6 Å². The zero-order chi connectivity index (χ0) is 36.1. The molecule has 2 saturated heterocycles. The lowest BCUT2D eigenvalue weighted by molar-refractivity contribution is -0.0133. The van der Waals surface area contributed by atoms with Crippen LogP contribution in [0.15, 0.2) is 30.6 Å². The van der Waals surface area contributed by atoms with Crippen molar-refractivity contribution in [3.05, 3.63) is 41.7 Å². The number of carbonyl (C=O) groups excluding carboxylic acids is 1. The molecule has 1 atom stereocenters. The van der Waals surface area contributed by atoms with Crippen LogP contribution in [0, 0.1) is 0 Å². The number of unbranched alkanes of at least 4 members (excludes halogenated alkanes) is 1. The van der Waals surface area contributed by atoms with Crippen LogP contribution in [0.3, 0.4) is 0 Å². The van der Waals surface area contributed by atoms with Gasteiger partial charge in [0.1, 0.15) is 17.2 Å². The highest BCUT2D eigenvalue weighted by atomic mass is 16.6. The van der Waals surface area contributed by atoms with Crippen molar-refractivity contribution < 1.29 is 28.8 Å². The van der Waals surface area contributed by atoms with Crippen molar-refractivity contribution in [3.63, 3.8) is 0 Å². The van der Waals surface area contributed by atoms with Crippen molar-refractivity contribution in [1.29, 1.82) is 0 Å². The quantitative estimate of drug-likeness (QED) is 0.150. The van der Waals surface area contributed by atoms with E-state index >= 15 is 0 Å². The van der Waals surface area contributed by atoms with Crippen LogP contribution >= 0.6 is 0 Å². The number of piperidine rings is 2. The molecule has 0 bridgehead atoms. The van der Waals surface area contributed by atoms with Crippen LogP contribution in [-0.2, 0) is 27.2 Å². The Morgan fingerprint density at radius 1 is 1.00 bits per heavy atom. The van der Waals surface area contributed by atoms with Gasteiger partial charge >= 0.3 is 6.09 Å². The molecular formula is C38H59N7O6. The van der Waals surface area contributed by atoms with E-state index in [-0.39, 0.29) is 18.8 Å². The minimum Gasteiger partial charge on any atom is -0.478 e. The normalized spacial score (nSPS) is 17.2. The highest BCUT2D eigenvalue weighted by molar-refractivity contribution is 5.68. The molecule has 3 aromatic rings. The van der Waals surface area contributed by atoms with Gasteiger partial charge in [-0.1, -0.05) is 13.0 Å². The lowest BCUT2D eigenvalue weighted by atomic mass is 9.99. The molecule has 282 valence electrons. The SMILES string of the molecule is CCc1cnn2c(NCc3ccc(OCCCOCCCCOC4CCN(C(=O)OC(C)(C)C)CC4)nc3)cc(N3CCCC[C@H]3CCO)nc12. The summed E-state index contributed by atoms with van der Waals surface area (Å²) in [4.78, 5) is 25.9. The van der Waals surface area contributed by atoms with Gasteiger partial charge in [-0.3, -0.25) is 0 Å². The molecule has 3 aromatic heterocycles. The van der Waals surface area contributed by atoms with Crippen molar-refractivity contribution in [2.75, 3.05) is 62.9 Å². The van der Waals surface area contributed by atoms with Gasteiger partial charge in [-0.15, -0.1) is 0 Å². The summed E-state index contributed by atoms with van der Waals surface area (Å²) in [6.07, 6.45) is 13.1. The van der Waals surface area contributed by atoms with Crippen LogP contribution in [0.4, 0.5) is 16.4 Å². The largest absolute Gasteiger partial charge is 0.478 e. The number of rotatable bonds is 18. The number of aliphatic hydroxyl groups excluding tert-OH is 1. The number of likely N-dealkylation sites (tertiary alicyclic amines) is 1. The number of pyridine rings is 1. The fourth-order valence-electron chi connectivity index (χ4n) is 6.59. The molecular weight excluding hydrogens is 650 g/mol. The van der Waals surface area contributed by atoms with Gasteiger partial charge in [-0.05, 0) is 84.1 Å². The van der Waals surface area contributed by atoms with Crippen LogP contribution in [0.25, 0.3) is 5.65 Å². The van der Waals surface area contributed by atoms with Gasteiger partial charge in [-0.25, -0.2) is 14.8 Å². The Labute approximate surface area is 303 Å². The summed E-state index contributed by atoms with van der Waals surface area (Å²) in [5.41, 5.74) is 2.55. The van der Waals surface area contributed by atoms with Crippen molar-refractivity contribution in [2.45, 2.75) is 116 Å². The Bertz CT molecular complexity index is 1480. The third-order valence-electron chi connectivity index (χ3n) is 9.38. The second-order valence-corrected chi connectivity index (χ2v) is 14.5. The molecule has 2 aliphatic rings. The number of nitrogens with zero attached hydrogens (tertiary/aromatic N) is 6. The molecule has 0 radical (unpaired) electrons. The second-order valence-electron chi connectivity index (χ2n) is 14.5. The van der Waals surface area contributed by atoms with Gasteiger partial charge in [0, 0.05) is 89.0 Å². The average Bonchev–Trinajstić information content (AvgIpc) is 3.55. The van der Waals surface area contributed by atoms with Gasteiger partial charge in [0.2, 0.25) is 5.88 Å². The maximum Gasteiger partial charge on any atom is 0.410 e. The molecule has 0 aromatic carbocycles. The number of ether oxygens (including phenoxy) is 4. The first kappa shape index (κ1) is 38.5. The number of carbonyl (C=O) groups is 1. The number of fused-ring (bicyclic) bond motifs is 1. The molecule has 13 heteroatoms. The Kier molecular flexibility index (Phi) is 14.5. The number of hydrogen-bond donors (Lipinski definition) is 2. The summed E-state index contributed by atoms with van der Waals surface area (Å²) in [6, 6.07) is 6.31. The molecule has 13 nitrogen and oxygen atoms in total. The minimum absolute atomic E-state index is 0.182. The zero-order valence-corrected chi connectivity index (χ0v) is 31.1. The number of nitrogens with one attached hydrogen (secondary N) is 1. The summed E-state index contributed by atoms with van der Waals surface area (Å²) in [7, 11) is 0. The van der Waals surface area contributed by atoms with E-state index in [0.717, 1.165) is 92.7 Å². The Morgan fingerprint density at radius 2 is 1.80 bits per heavy atom. The third-order valence-corrected chi connectivity index (χ3v) is 9.38. The lowest BCUT2D eigenvalue weighted by Crippen LogP contribution is -2.43. The number of aliphatic hydroxyl groups is 1. The summed E-state index contributed by atoms with van der Waals surface area (Å²) >= 11 is 0. The molecule has 51 heavy (non-hydrogen) atoms. The maximum absolute atomic E-state index is 12.2. The van der Waals surface area contributed by atoms with Crippen molar-refractivity contribution in [3.8, 4) is 5.88 Å². The fourth-order valence-corrected chi connectivity index (χ4v) is 6.59. The highest BCUT2D eigenvalue weighted by Crippen LogP contribution is 2.29. The van der Waals surface area contributed by atoms with Gasteiger partial charge < -0.3 is 39.2 Å². The van der Waals surface area contributed by atoms with Crippen molar-refractivity contribution in [1.82, 2.24) is 24.5 Å². The van der Waals surface area contributed by atoms with E-state index in [1.807, 2.05) is 49.8 Å². The van der Waals surface area contributed by atoms with E-state index in [2.05, 4.69) is 33.3 Å². The topological polar surface area (TPSA) is 136 Å². The number of aryl methyl sites for hydroxylation is 1. The molecule has 5 heterocycles. The summed E-state index contributed by atoms with van der Waals surface area (Å²) in [6.45, 7) is 13.4. The first-order valence-electron chi connectivity index (χ1n) is 19.0. The molecule has 1 amide bonds. The fraction of sp³-hybridized carbons (Fsp3) is 0.684. The Morgan fingerprint density at radius 3 is 2.55 bits per heavy atom. The monoisotopic (exact) mass is 709 g/mol. The number of aromatic nitrogens is 4. The molecule has 5 rings (SSSR count). The molecule has 2 fully saturated rings. The molecule has 0 saturated carbocycles. The van der Waals surface area contributed by atoms with E-state index in [1.54, 1.807) is 4.90 Å². The zero-order valence-electron chi connectivity index (χ0n) is 31.1. The Balaban J connectivity index is 0.959. The van der Waals surface area contributed by atoms with E-state index in [0.29, 0.717) is 58.0 Å². The maximum atomic E-state index is 12.2. The highest BCUT2D eigenvalue weighted by Gasteiger charge is 2.27. The number of amides is 1. The van der Waals surface area contributed by atoms with Gasteiger partial charge in [0.25, 0.3) is 0 Å². The van der Waals surface area contributed by atoms with Crippen LogP contribution in [0.5, 0.6) is 5.88 Å². The van der Waals surface area contributed by atoms with E-state index in [4.69, 9.17) is 23.9 Å². The van der Waals surface area contributed by atoms with E-state index in [1.165, 1.54) is 6.42 Å². The molecule has 0 aliphatic carbocycles. The minimum atomic E-state index is -0.468. The van der Waals surface area contributed by atoms with E-state index in [9.17, 15) is 9.90 Å². The second kappa shape index (κ2) is 19.2. The predicted octanol–water partition coefficient (Wildman–Crippen LogP) is 6.02. The Hall–Kier alpha value is -3.68. The van der Waals surface area contributed by atoms with Crippen LogP contribution < -0.4 is 15.0 Å². The first-order chi connectivity index (χ1) is 24.7. The number of anilines is 2. The van der Waals surface area contributed by atoms with E-state index < -0.39 is 5.60 Å². The lowest BCUT2D eigenvalue weighted by Gasteiger charge is -2.36. The van der Waals surface area contributed by atoms with Crippen LogP contribution in [-0.4, -0.2) is 106 Å². The van der Waals surface area contributed by atoms with Gasteiger partial charge in [-0.2, -0.15) is 9.61 Å². The van der Waals surface area contributed by atoms with Gasteiger partial charge in [0.05, 0.1) is 18.9 Å². The third kappa shape index (κ3) is 11.7. The van der Waals surface area contributed by atoms with Crippen LogP contribution in [0.2, 0.25) is 0 Å². The smallest absolute Gasteiger partial charge is 0.410 e. The van der Waals surface area contributed by atoms with Crippen molar-refractivity contribution in [2.24, 2.45) is 0 Å². The molecule has 2 N–H and O–H groups in total. The number of hydrogen-bond acceptors (Lipinski definition) is 11.